The lowest BCUT2D eigenvalue weighted by molar-refractivity contribution is 0.242. The molecule has 0 unspecified atom stereocenters. The third-order valence-corrected chi connectivity index (χ3v) is 2.95. The van der Waals surface area contributed by atoms with Crippen molar-refractivity contribution < 1.29 is 4.74 Å². The Morgan fingerprint density at radius 2 is 1.90 bits per heavy atom. The van der Waals surface area contributed by atoms with Crippen LogP contribution in [0.4, 0.5) is 5.95 Å². The van der Waals surface area contributed by atoms with E-state index in [1.165, 1.54) is 0 Å². The highest BCUT2D eigenvalue weighted by Crippen LogP contribution is 2.24. The highest BCUT2D eigenvalue weighted by molar-refractivity contribution is 5.79. The zero-order chi connectivity index (χ0) is 14.1. The van der Waals surface area contributed by atoms with E-state index in [0.717, 1.165) is 22.5 Å². The molecule has 2 heterocycles. The number of ether oxygens (including phenoxy) is 1. The summed E-state index contributed by atoms with van der Waals surface area (Å²) >= 11 is 0. The van der Waals surface area contributed by atoms with Crippen LogP contribution in [0.1, 0.15) is 13.8 Å². The van der Waals surface area contributed by atoms with E-state index in [2.05, 4.69) is 9.97 Å². The Hall–Kier alpha value is -2.56. The third-order valence-electron chi connectivity index (χ3n) is 2.95. The first-order valence-electron chi connectivity index (χ1n) is 6.50. The number of benzene rings is 1. The maximum absolute atomic E-state index is 6.00. The van der Waals surface area contributed by atoms with Crippen LogP contribution in [0.2, 0.25) is 0 Å². The highest BCUT2D eigenvalue weighted by Gasteiger charge is 2.09. The van der Waals surface area contributed by atoms with Gasteiger partial charge in [0.05, 0.1) is 17.8 Å². The van der Waals surface area contributed by atoms with E-state index < -0.39 is 0 Å². The number of anilines is 1. The molecule has 0 bridgehead atoms. The predicted octanol–water partition coefficient (Wildman–Crippen LogP) is 2.79. The molecule has 20 heavy (non-hydrogen) atoms. The molecule has 0 aliphatic rings. The van der Waals surface area contributed by atoms with Crippen molar-refractivity contribution in [3.05, 3.63) is 42.7 Å². The molecule has 0 amide bonds. The molecular formula is C15H16N4O. The molecule has 3 rings (SSSR count). The third kappa shape index (κ3) is 2.18. The van der Waals surface area contributed by atoms with Gasteiger partial charge in [0.15, 0.2) is 0 Å². The quantitative estimate of drug-likeness (QED) is 0.793. The summed E-state index contributed by atoms with van der Waals surface area (Å²) < 4.78 is 7.54. The molecule has 3 aromatic rings. The van der Waals surface area contributed by atoms with E-state index in [0.29, 0.717) is 5.95 Å². The van der Waals surface area contributed by atoms with Gasteiger partial charge in [-0.15, -0.1) is 0 Å². The van der Waals surface area contributed by atoms with Crippen molar-refractivity contribution in [2.45, 2.75) is 20.0 Å². The van der Waals surface area contributed by atoms with Crippen LogP contribution in [0.3, 0.4) is 0 Å². The minimum atomic E-state index is 0.158. The van der Waals surface area contributed by atoms with Crippen molar-refractivity contribution in [2.24, 2.45) is 0 Å². The fraction of sp³-hybridized carbons (Fsp3) is 0.200. The van der Waals surface area contributed by atoms with Gasteiger partial charge in [-0.25, -0.2) is 4.98 Å². The van der Waals surface area contributed by atoms with Crippen molar-refractivity contribution in [1.29, 1.82) is 0 Å². The van der Waals surface area contributed by atoms with Crippen LogP contribution in [-0.2, 0) is 0 Å². The number of nitrogen functional groups attached to an aromatic ring is 1. The van der Waals surface area contributed by atoms with E-state index in [4.69, 9.17) is 10.5 Å². The molecule has 0 fully saturated rings. The SMILES string of the molecule is CC(C)Oc1ccc(-n2c(N)nc3cnccc32)cc1. The Kier molecular flexibility index (Phi) is 3.02. The summed E-state index contributed by atoms with van der Waals surface area (Å²) in [6.07, 6.45) is 3.60. The molecule has 5 nitrogen and oxygen atoms in total. The van der Waals surface area contributed by atoms with Gasteiger partial charge in [-0.1, -0.05) is 0 Å². The number of nitrogens with zero attached hydrogens (tertiary/aromatic N) is 3. The number of hydrogen-bond donors (Lipinski definition) is 1. The van der Waals surface area contributed by atoms with Crippen molar-refractivity contribution in [2.75, 3.05) is 5.73 Å². The monoisotopic (exact) mass is 268 g/mol. The number of fused-ring (bicyclic) bond motifs is 1. The van der Waals surface area contributed by atoms with Crippen LogP contribution >= 0.6 is 0 Å². The van der Waals surface area contributed by atoms with Crippen molar-refractivity contribution in [1.82, 2.24) is 14.5 Å². The zero-order valence-corrected chi connectivity index (χ0v) is 11.4. The van der Waals surface area contributed by atoms with Gasteiger partial charge in [-0.3, -0.25) is 9.55 Å². The second-order valence-corrected chi connectivity index (χ2v) is 4.83. The topological polar surface area (TPSA) is 66.0 Å². The van der Waals surface area contributed by atoms with Crippen LogP contribution in [0, 0.1) is 0 Å². The van der Waals surface area contributed by atoms with Crippen LogP contribution < -0.4 is 10.5 Å². The van der Waals surface area contributed by atoms with E-state index in [-0.39, 0.29) is 6.10 Å². The maximum atomic E-state index is 6.00. The fourth-order valence-corrected chi connectivity index (χ4v) is 2.17. The van der Waals surface area contributed by atoms with Gasteiger partial charge < -0.3 is 10.5 Å². The minimum absolute atomic E-state index is 0.158. The lowest BCUT2D eigenvalue weighted by atomic mass is 10.3. The van der Waals surface area contributed by atoms with E-state index in [9.17, 15) is 0 Å². The Balaban J connectivity index is 2.05. The van der Waals surface area contributed by atoms with Gasteiger partial charge in [-0.2, -0.15) is 0 Å². The second-order valence-electron chi connectivity index (χ2n) is 4.83. The van der Waals surface area contributed by atoms with E-state index >= 15 is 0 Å². The number of pyridine rings is 1. The number of rotatable bonds is 3. The second kappa shape index (κ2) is 4.85. The maximum Gasteiger partial charge on any atom is 0.205 e. The van der Waals surface area contributed by atoms with Gasteiger partial charge in [0.25, 0.3) is 0 Å². The van der Waals surface area contributed by atoms with Gasteiger partial charge >= 0.3 is 0 Å². The van der Waals surface area contributed by atoms with Crippen LogP contribution in [-0.4, -0.2) is 20.6 Å². The lowest BCUT2D eigenvalue weighted by Crippen LogP contribution is -2.05. The van der Waals surface area contributed by atoms with Crippen molar-refractivity contribution in [3.8, 4) is 11.4 Å². The molecule has 2 aromatic heterocycles. The normalized spacial score (nSPS) is 11.2. The number of nitrogens with two attached hydrogens (primary N) is 1. The average Bonchev–Trinajstić information content (AvgIpc) is 2.75. The zero-order valence-electron chi connectivity index (χ0n) is 11.4. The molecule has 0 saturated heterocycles. The molecule has 0 aliphatic heterocycles. The first kappa shape index (κ1) is 12.5. The van der Waals surface area contributed by atoms with Crippen molar-refractivity contribution >= 4 is 17.0 Å². The lowest BCUT2D eigenvalue weighted by Gasteiger charge is -2.11. The molecule has 1 aromatic carbocycles. The Morgan fingerprint density at radius 1 is 1.15 bits per heavy atom. The Morgan fingerprint density at radius 3 is 2.60 bits per heavy atom. The molecule has 0 spiro atoms. The standard InChI is InChI=1S/C15H16N4O/c1-10(2)20-12-5-3-11(4-6-12)19-14-7-8-17-9-13(14)18-15(19)16/h3-10H,1-2H3,(H2,16,18). The van der Waals surface area contributed by atoms with Gasteiger partial charge in [0, 0.05) is 11.9 Å². The summed E-state index contributed by atoms with van der Waals surface area (Å²) in [5.41, 5.74) is 8.67. The van der Waals surface area contributed by atoms with Gasteiger partial charge in [0.2, 0.25) is 5.95 Å². The van der Waals surface area contributed by atoms with E-state index in [1.807, 2.05) is 48.7 Å². The molecular weight excluding hydrogens is 252 g/mol. The summed E-state index contributed by atoms with van der Waals surface area (Å²) in [6.45, 7) is 4.00. The van der Waals surface area contributed by atoms with Gasteiger partial charge in [0.1, 0.15) is 11.3 Å². The molecule has 0 radical (unpaired) electrons. The smallest absolute Gasteiger partial charge is 0.205 e. The summed E-state index contributed by atoms with van der Waals surface area (Å²) in [4.78, 5) is 8.36. The number of imidazole rings is 1. The highest BCUT2D eigenvalue weighted by atomic mass is 16.5. The Labute approximate surface area is 117 Å². The summed E-state index contributed by atoms with van der Waals surface area (Å²) in [7, 11) is 0. The minimum Gasteiger partial charge on any atom is -0.491 e. The predicted molar refractivity (Wildman–Crippen MR) is 79.0 cm³/mol. The summed E-state index contributed by atoms with van der Waals surface area (Å²) in [5.74, 6) is 1.29. The number of aromatic nitrogens is 3. The largest absolute Gasteiger partial charge is 0.491 e. The molecule has 0 aliphatic carbocycles. The van der Waals surface area contributed by atoms with E-state index in [1.54, 1.807) is 12.4 Å². The first-order valence-corrected chi connectivity index (χ1v) is 6.50. The molecule has 0 saturated carbocycles. The first-order chi connectivity index (χ1) is 9.65. The molecule has 102 valence electrons. The molecule has 0 atom stereocenters. The van der Waals surface area contributed by atoms with Crippen LogP contribution in [0.15, 0.2) is 42.7 Å². The summed E-state index contributed by atoms with van der Waals surface area (Å²) in [5, 5.41) is 0. The Bertz CT molecular complexity index is 731. The van der Waals surface area contributed by atoms with Crippen LogP contribution in [0.25, 0.3) is 16.7 Å². The van der Waals surface area contributed by atoms with Crippen LogP contribution in [0.5, 0.6) is 5.75 Å². The summed E-state index contributed by atoms with van der Waals surface area (Å²) in [6, 6.07) is 9.70. The fourth-order valence-electron chi connectivity index (χ4n) is 2.17. The molecule has 5 heteroatoms. The average molecular weight is 268 g/mol. The number of hydrogen-bond acceptors (Lipinski definition) is 4. The molecule has 2 N–H and O–H groups in total. The van der Waals surface area contributed by atoms with Crippen molar-refractivity contribution in [3.63, 3.8) is 0 Å². The van der Waals surface area contributed by atoms with Gasteiger partial charge in [-0.05, 0) is 44.2 Å².